The highest BCUT2D eigenvalue weighted by molar-refractivity contribution is 5.41. The van der Waals surface area contributed by atoms with Crippen molar-refractivity contribution in [3.63, 3.8) is 0 Å². The van der Waals surface area contributed by atoms with E-state index in [1.807, 2.05) is 6.07 Å². The summed E-state index contributed by atoms with van der Waals surface area (Å²) in [6, 6.07) is 5.70. The van der Waals surface area contributed by atoms with Crippen molar-refractivity contribution < 1.29 is 4.92 Å². The highest BCUT2D eigenvalue weighted by Crippen LogP contribution is 2.24. The fraction of sp³-hybridized carbons (Fsp3) is 0.500. The number of nitro groups is 1. The van der Waals surface area contributed by atoms with Gasteiger partial charge in [0.05, 0.1) is 4.92 Å². The zero-order chi connectivity index (χ0) is 11.7. The van der Waals surface area contributed by atoms with E-state index in [1.54, 1.807) is 12.1 Å². The second-order valence-electron chi connectivity index (χ2n) is 4.52. The molecular formula is C12H16N2O2. The van der Waals surface area contributed by atoms with Crippen molar-refractivity contribution >= 4 is 5.69 Å². The Labute approximate surface area is 95.0 Å². The fourth-order valence-corrected chi connectivity index (χ4v) is 2.12. The first-order chi connectivity index (χ1) is 7.58. The molecule has 0 saturated heterocycles. The molecular weight excluding hydrogens is 204 g/mol. The van der Waals surface area contributed by atoms with Crippen LogP contribution >= 0.6 is 0 Å². The first-order valence-corrected chi connectivity index (χ1v) is 5.58. The van der Waals surface area contributed by atoms with Crippen LogP contribution in [0, 0.1) is 10.1 Å². The molecule has 0 aliphatic carbocycles. The summed E-state index contributed by atoms with van der Waals surface area (Å²) in [5.41, 5.74) is 2.56. The van der Waals surface area contributed by atoms with E-state index < -0.39 is 0 Å². The molecule has 0 fully saturated rings. The molecule has 4 nitrogen and oxygen atoms in total. The summed E-state index contributed by atoms with van der Waals surface area (Å²) in [6.45, 7) is 6.18. The Bertz CT molecular complexity index is 415. The maximum Gasteiger partial charge on any atom is 0.269 e. The molecule has 0 aromatic heterocycles. The van der Waals surface area contributed by atoms with Gasteiger partial charge in [-0.25, -0.2) is 0 Å². The maximum atomic E-state index is 10.7. The Morgan fingerprint density at radius 1 is 1.38 bits per heavy atom. The topological polar surface area (TPSA) is 46.4 Å². The summed E-state index contributed by atoms with van der Waals surface area (Å²) < 4.78 is 0. The van der Waals surface area contributed by atoms with Gasteiger partial charge in [-0.1, -0.05) is 6.07 Å². The first kappa shape index (κ1) is 11.1. The van der Waals surface area contributed by atoms with E-state index in [0.29, 0.717) is 6.04 Å². The standard InChI is InChI=1S/C12H16N2O2/c1-9(2)13-6-5-10-3-4-12(14(15)16)7-11(10)8-13/h3-4,7,9H,5-6,8H2,1-2H3. The van der Waals surface area contributed by atoms with Crippen molar-refractivity contribution in [1.82, 2.24) is 4.90 Å². The number of fused-ring (bicyclic) bond motifs is 1. The SMILES string of the molecule is CC(C)N1CCc2ccc([N+](=O)[O-])cc2C1. The Kier molecular flexibility index (Phi) is 2.92. The van der Waals surface area contributed by atoms with Crippen LogP contribution in [0.25, 0.3) is 0 Å². The molecule has 0 spiro atoms. The minimum Gasteiger partial charge on any atom is -0.296 e. The van der Waals surface area contributed by atoms with Gasteiger partial charge in [0.25, 0.3) is 5.69 Å². The molecule has 0 bridgehead atoms. The van der Waals surface area contributed by atoms with E-state index in [0.717, 1.165) is 25.1 Å². The molecule has 0 atom stereocenters. The second-order valence-corrected chi connectivity index (χ2v) is 4.52. The third-order valence-corrected chi connectivity index (χ3v) is 3.17. The van der Waals surface area contributed by atoms with Crippen LogP contribution < -0.4 is 0 Å². The third-order valence-electron chi connectivity index (χ3n) is 3.17. The first-order valence-electron chi connectivity index (χ1n) is 5.58. The molecule has 2 rings (SSSR count). The summed E-state index contributed by atoms with van der Waals surface area (Å²) >= 11 is 0. The van der Waals surface area contributed by atoms with Gasteiger partial charge in [-0.3, -0.25) is 15.0 Å². The van der Waals surface area contributed by atoms with Gasteiger partial charge in [0.2, 0.25) is 0 Å². The molecule has 0 N–H and O–H groups in total. The van der Waals surface area contributed by atoms with Gasteiger partial charge in [0.15, 0.2) is 0 Å². The number of nitro benzene ring substituents is 1. The van der Waals surface area contributed by atoms with Gasteiger partial charge in [-0.05, 0) is 31.4 Å². The molecule has 0 saturated carbocycles. The molecule has 1 aromatic carbocycles. The van der Waals surface area contributed by atoms with E-state index in [1.165, 1.54) is 5.56 Å². The lowest BCUT2D eigenvalue weighted by atomic mass is 9.98. The number of non-ortho nitro benzene ring substituents is 1. The average molecular weight is 220 g/mol. The van der Waals surface area contributed by atoms with Crippen molar-refractivity contribution in [2.24, 2.45) is 0 Å². The van der Waals surface area contributed by atoms with Crippen LogP contribution in [0.4, 0.5) is 5.69 Å². The molecule has 1 heterocycles. The molecule has 16 heavy (non-hydrogen) atoms. The lowest BCUT2D eigenvalue weighted by Crippen LogP contribution is -2.35. The van der Waals surface area contributed by atoms with Crippen LogP contribution in [-0.4, -0.2) is 22.4 Å². The van der Waals surface area contributed by atoms with Crippen LogP contribution in [0.15, 0.2) is 18.2 Å². The summed E-state index contributed by atoms with van der Waals surface area (Å²) in [7, 11) is 0. The van der Waals surface area contributed by atoms with E-state index in [-0.39, 0.29) is 10.6 Å². The molecule has 86 valence electrons. The molecule has 0 unspecified atom stereocenters. The molecule has 0 radical (unpaired) electrons. The van der Waals surface area contributed by atoms with Gasteiger partial charge < -0.3 is 0 Å². The van der Waals surface area contributed by atoms with E-state index in [9.17, 15) is 10.1 Å². The number of nitrogens with zero attached hydrogens (tertiary/aromatic N) is 2. The summed E-state index contributed by atoms with van der Waals surface area (Å²) in [5.74, 6) is 0. The van der Waals surface area contributed by atoms with E-state index >= 15 is 0 Å². The summed E-state index contributed by atoms with van der Waals surface area (Å²) in [5, 5.41) is 10.7. The Morgan fingerprint density at radius 3 is 2.75 bits per heavy atom. The van der Waals surface area contributed by atoms with Crippen molar-refractivity contribution in [3.8, 4) is 0 Å². The van der Waals surface area contributed by atoms with Crippen molar-refractivity contribution in [1.29, 1.82) is 0 Å². The molecule has 1 aliphatic rings. The predicted molar refractivity (Wildman–Crippen MR) is 62.3 cm³/mol. The van der Waals surface area contributed by atoms with E-state index in [4.69, 9.17) is 0 Å². The smallest absolute Gasteiger partial charge is 0.269 e. The molecule has 0 amide bonds. The predicted octanol–water partition coefficient (Wildman–Crippen LogP) is 2.36. The van der Waals surface area contributed by atoms with Gasteiger partial charge >= 0.3 is 0 Å². The van der Waals surface area contributed by atoms with Crippen LogP contribution in [-0.2, 0) is 13.0 Å². The van der Waals surface area contributed by atoms with Gasteiger partial charge in [-0.15, -0.1) is 0 Å². The Morgan fingerprint density at radius 2 is 2.12 bits per heavy atom. The van der Waals surface area contributed by atoms with Crippen LogP contribution in [0.3, 0.4) is 0 Å². The second kappa shape index (κ2) is 4.22. The Balaban J connectivity index is 2.28. The third kappa shape index (κ3) is 2.07. The largest absolute Gasteiger partial charge is 0.296 e. The monoisotopic (exact) mass is 220 g/mol. The van der Waals surface area contributed by atoms with Crippen LogP contribution in [0.1, 0.15) is 25.0 Å². The summed E-state index contributed by atoms with van der Waals surface area (Å²) in [4.78, 5) is 12.7. The van der Waals surface area contributed by atoms with Gasteiger partial charge in [0.1, 0.15) is 0 Å². The van der Waals surface area contributed by atoms with Gasteiger partial charge in [0, 0.05) is 31.3 Å². The fourth-order valence-electron chi connectivity index (χ4n) is 2.12. The Hall–Kier alpha value is -1.42. The van der Waals surface area contributed by atoms with Crippen molar-refractivity contribution in [3.05, 3.63) is 39.4 Å². The molecule has 4 heteroatoms. The van der Waals surface area contributed by atoms with Gasteiger partial charge in [-0.2, -0.15) is 0 Å². The van der Waals surface area contributed by atoms with Crippen LogP contribution in [0.5, 0.6) is 0 Å². The van der Waals surface area contributed by atoms with Crippen molar-refractivity contribution in [2.45, 2.75) is 32.9 Å². The molecule has 1 aliphatic heterocycles. The normalized spacial score (nSPS) is 16.2. The highest BCUT2D eigenvalue weighted by atomic mass is 16.6. The zero-order valence-corrected chi connectivity index (χ0v) is 9.64. The number of rotatable bonds is 2. The zero-order valence-electron chi connectivity index (χ0n) is 9.64. The minimum atomic E-state index is -0.325. The number of hydrogen-bond donors (Lipinski definition) is 0. The molecule has 1 aromatic rings. The average Bonchev–Trinajstić information content (AvgIpc) is 2.27. The quantitative estimate of drug-likeness (QED) is 0.567. The number of hydrogen-bond acceptors (Lipinski definition) is 3. The highest BCUT2D eigenvalue weighted by Gasteiger charge is 2.20. The maximum absolute atomic E-state index is 10.7. The lowest BCUT2D eigenvalue weighted by Gasteiger charge is -2.31. The van der Waals surface area contributed by atoms with E-state index in [2.05, 4.69) is 18.7 Å². The number of benzene rings is 1. The lowest BCUT2D eigenvalue weighted by molar-refractivity contribution is -0.385. The summed E-state index contributed by atoms with van der Waals surface area (Å²) in [6.07, 6.45) is 0.992. The van der Waals surface area contributed by atoms with Crippen LogP contribution in [0.2, 0.25) is 0 Å². The van der Waals surface area contributed by atoms with Crippen molar-refractivity contribution in [2.75, 3.05) is 6.54 Å². The minimum absolute atomic E-state index is 0.198.